The monoisotopic (exact) mass is 474 g/mol. The lowest BCUT2D eigenvalue weighted by Gasteiger charge is -2.18. The SMILES string of the molecule is COc1ccccc1Oc1ccc(Cl)cc1NC(=O)CN(C)S(=O)(=O)c1ccc(C)cc1. The Bertz CT molecular complexity index is 1210. The predicted octanol–water partition coefficient (Wildman–Crippen LogP) is 4.71. The van der Waals surface area contributed by atoms with Gasteiger partial charge in [0.2, 0.25) is 15.9 Å². The van der Waals surface area contributed by atoms with E-state index in [1.54, 1.807) is 48.5 Å². The lowest BCUT2D eigenvalue weighted by atomic mass is 10.2. The molecule has 0 atom stereocenters. The molecule has 0 radical (unpaired) electrons. The van der Waals surface area contributed by atoms with E-state index in [4.69, 9.17) is 21.1 Å². The first-order valence-corrected chi connectivity index (χ1v) is 11.5. The van der Waals surface area contributed by atoms with Gasteiger partial charge < -0.3 is 14.8 Å². The van der Waals surface area contributed by atoms with Gasteiger partial charge in [-0.3, -0.25) is 4.79 Å². The highest BCUT2D eigenvalue weighted by Crippen LogP contribution is 2.36. The van der Waals surface area contributed by atoms with Crippen molar-refractivity contribution in [2.45, 2.75) is 11.8 Å². The van der Waals surface area contributed by atoms with E-state index in [0.717, 1.165) is 9.87 Å². The molecule has 3 aromatic carbocycles. The van der Waals surface area contributed by atoms with Gasteiger partial charge in [-0.05, 0) is 49.4 Å². The lowest BCUT2D eigenvalue weighted by molar-refractivity contribution is -0.116. The van der Waals surface area contributed by atoms with Gasteiger partial charge >= 0.3 is 0 Å². The minimum Gasteiger partial charge on any atom is -0.493 e. The molecule has 0 unspecified atom stereocenters. The molecule has 0 heterocycles. The summed E-state index contributed by atoms with van der Waals surface area (Å²) in [6, 6.07) is 18.2. The zero-order chi connectivity index (χ0) is 23.3. The van der Waals surface area contributed by atoms with E-state index >= 15 is 0 Å². The van der Waals surface area contributed by atoms with Crippen LogP contribution in [0.5, 0.6) is 17.2 Å². The average Bonchev–Trinajstić information content (AvgIpc) is 2.76. The molecule has 0 fully saturated rings. The summed E-state index contributed by atoms with van der Waals surface area (Å²) in [4.78, 5) is 12.8. The second-order valence-corrected chi connectivity index (χ2v) is 9.50. The first-order chi connectivity index (χ1) is 15.2. The summed E-state index contributed by atoms with van der Waals surface area (Å²) in [6.07, 6.45) is 0. The number of aryl methyl sites for hydroxylation is 1. The quantitative estimate of drug-likeness (QED) is 0.511. The molecule has 0 saturated heterocycles. The number of nitrogens with one attached hydrogen (secondary N) is 1. The number of anilines is 1. The van der Waals surface area contributed by atoms with Crippen LogP contribution in [0.2, 0.25) is 5.02 Å². The molecule has 7 nitrogen and oxygen atoms in total. The Morgan fingerprint density at radius 2 is 1.66 bits per heavy atom. The largest absolute Gasteiger partial charge is 0.493 e. The van der Waals surface area contributed by atoms with Gasteiger partial charge in [0.25, 0.3) is 0 Å². The number of sulfonamides is 1. The summed E-state index contributed by atoms with van der Waals surface area (Å²) < 4.78 is 37.7. The molecule has 0 bridgehead atoms. The molecule has 0 aromatic heterocycles. The first-order valence-electron chi connectivity index (χ1n) is 9.64. The lowest BCUT2D eigenvalue weighted by Crippen LogP contribution is -2.35. The molecule has 168 valence electrons. The number of likely N-dealkylation sites (N-methyl/N-ethyl adjacent to an activating group) is 1. The number of hydrogen-bond donors (Lipinski definition) is 1. The highest BCUT2D eigenvalue weighted by atomic mass is 35.5. The fraction of sp³-hybridized carbons (Fsp3) is 0.174. The Kier molecular flexibility index (Phi) is 7.40. The van der Waals surface area contributed by atoms with E-state index in [-0.39, 0.29) is 4.90 Å². The summed E-state index contributed by atoms with van der Waals surface area (Å²) in [5.74, 6) is 0.752. The minimum absolute atomic E-state index is 0.112. The topological polar surface area (TPSA) is 84.9 Å². The summed E-state index contributed by atoms with van der Waals surface area (Å²) in [5.41, 5.74) is 1.24. The van der Waals surface area contributed by atoms with E-state index < -0.39 is 22.5 Å². The number of carbonyl (C=O) groups excluding carboxylic acids is 1. The molecule has 32 heavy (non-hydrogen) atoms. The van der Waals surface area contributed by atoms with Crippen LogP contribution in [0.25, 0.3) is 0 Å². The van der Waals surface area contributed by atoms with Crippen LogP contribution >= 0.6 is 11.6 Å². The molecule has 1 amide bonds. The average molecular weight is 475 g/mol. The van der Waals surface area contributed by atoms with Crippen molar-refractivity contribution in [2.24, 2.45) is 0 Å². The number of rotatable bonds is 8. The Morgan fingerprint density at radius 1 is 1.00 bits per heavy atom. The third-order valence-electron chi connectivity index (χ3n) is 4.60. The van der Waals surface area contributed by atoms with Gasteiger partial charge in [-0.1, -0.05) is 41.4 Å². The van der Waals surface area contributed by atoms with Crippen LogP contribution in [0, 0.1) is 6.92 Å². The third kappa shape index (κ3) is 5.59. The molecule has 0 aliphatic heterocycles. The minimum atomic E-state index is -3.82. The van der Waals surface area contributed by atoms with E-state index in [2.05, 4.69) is 5.32 Å². The molecule has 3 aromatic rings. The molecule has 3 rings (SSSR count). The van der Waals surface area contributed by atoms with Crippen LogP contribution in [0.4, 0.5) is 5.69 Å². The second-order valence-electron chi connectivity index (χ2n) is 7.02. The zero-order valence-corrected chi connectivity index (χ0v) is 19.4. The number of halogens is 1. The molecular weight excluding hydrogens is 452 g/mol. The third-order valence-corrected chi connectivity index (χ3v) is 6.65. The normalized spacial score (nSPS) is 11.3. The number of ether oxygens (including phenoxy) is 2. The van der Waals surface area contributed by atoms with Crippen molar-refractivity contribution in [2.75, 3.05) is 26.0 Å². The van der Waals surface area contributed by atoms with Crippen molar-refractivity contribution in [3.05, 3.63) is 77.3 Å². The smallest absolute Gasteiger partial charge is 0.243 e. The fourth-order valence-electron chi connectivity index (χ4n) is 2.88. The van der Waals surface area contributed by atoms with E-state index in [0.29, 0.717) is 28.0 Å². The predicted molar refractivity (Wildman–Crippen MR) is 124 cm³/mol. The molecule has 9 heteroatoms. The summed E-state index contributed by atoms with van der Waals surface area (Å²) in [5, 5.41) is 3.06. The number of carbonyl (C=O) groups is 1. The van der Waals surface area contributed by atoms with Crippen molar-refractivity contribution < 1.29 is 22.7 Å². The van der Waals surface area contributed by atoms with Crippen molar-refractivity contribution in [3.8, 4) is 17.2 Å². The van der Waals surface area contributed by atoms with Crippen molar-refractivity contribution in [1.29, 1.82) is 0 Å². The Hall–Kier alpha value is -3.07. The number of benzene rings is 3. The van der Waals surface area contributed by atoms with Gasteiger partial charge in [0.05, 0.1) is 24.2 Å². The number of nitrogens with zero attached hydrogens (tertiary/aromatic N) is 1. The molecule has 1 N–H and O–H groups in total. The maximum atomic E-state index is 12.8. The summed E-state index contributed by atoms with van der Waals surface area (Å²) >= 11 is 6.10. The first kappa shape index (κ1) is 23.6. The van der Waals surface area contributed by atoms with Gasteiger partial charge in [-0.15, -0.1) is 0 Å². The van der Waals surface area contributed by atoms with Crippen LogP contribution in [0.15, 0.2) is 71.6 Å². The van der Waals surface area contributed by atoms with Gasteiger partial charge in [-0.25, -0.2) is 8.42 Å². The van der Waals surface area contributed by atoms with Crippen molar-refractivity contribution >= 4 is 33.2 Å². The summed E-state index contributed by atoms with van der Waals surface area (Å²) in [7, 11) is -0.949. The van der Waals surface area contributed by atoms with E-state index in [1.165, 1.54) is 32.4 Å². The molecule has 0 spiro atoms. The van der Waals surface area contributed by atoms with Crippen LogP contribution < -0.4 is 14.8 Å². The van der Waals surface area contributed by atoms with Crippen LogP contribution in [0.3, 0.4) is 0 Å². The molecule has 0 aliphatic rings. The van der Waals surface area contributed by atoms with Crippen molar-refractivity contribution in [3.63, 3.8) is 0 Å². The molecule has 0 saturated carbocycles. The van der Waals surface area contributed by atoms with Crippen LogP contribution in [-0.4, -0.2) is 39.3 Å². The van der Waals surface area contributed by atoms with Crippen LogP contribution in [-0.2, 0) is 14.8 Å². The maximum Gasteiger partial charge on any atom is 0.243 e. The molecular formula is C23H23ClN2O5S. The highest BCUT2D eigenvalue weighted by Gasteiger charge is 2.23. The zero-order valence-electron chi connectivity index (χ0n) is 17.8. The van der Waals surface area contributed by atoms with Gasteiger partial charge in [0, 0.05) is 12.1 Å². The number of methoxy groups -OCH3 is 1. The van der Waals surface area contributed by atoms with Gasteiger partial charge in [-0.2, -0.15) is 4.31 Å². The van der Waals surface area contributed by atoms with Gasteiger partial charge in [0.1, 0.15) is 0 Å². The Balaban J connectivity index is 1.77. The number of para-hydroxylation sites is 2. The van der Waals surface area contributed by atoms with Crippen molar-refractivity contribution in [1.82, 2.24) is 4.31 Å². The van der Waals surface area contributed by atoms with Crippen LogP contribution in [0.1, 0.15) is 5.56 Å². The standard InChI is InChI=1S/C23H23ClN2O5S/c1-16-8-11-18(12-9-16)32(28,29)26(2)15-23(27)25-19-14-17(24)10-13-20(19)31-22-7-5-4-6-21(22)30-3/h4-14H,15H2,1-3H3,(H,25,27). The second kappa shape index (κ2) is 10.0. The maximum absolute atomic E-state index is 12.8. The number of amides is 1. The Labute approximate surface area is 192 Å². The Morgan fingerprint density at radius 3 is 2.31 bits per heavy atom. The number of hydrogen-bond acceptors (Lipinski definition) is 5. The fourth-order valence-corrected chi connectivity index (χ4v) is 4.18. The van der Waals surface area contributed by atoms with E-state index in [9.17, 15) is 13.2 Å². The highest BCUT2D eigenvalue weighted by molar-refractivity contribution is 7.89. The molecule has 0 aliphatic carbocycles. The van der Waals surface area contributed by atoms with Gasteiger partial charge in [0.15, 0.2) is 17.2 Å². The van der Waals surface area contributed by atoms with E-state index in [1.807, 2.05) is 6.92 Å². The summed E-state index contributed by atoms with van der Waals surface area (Å²) in [6.45, 7) is 1.47.